The summed E-state index contributed by atoms with van der Waals surface area (Å²) in [7, 11) is 0. The first-order valence-corrected chi connectivity index (χ1v) is 8.52. The summed E-state index contributed by atoms with van der Waals surface area (Å²) in [5.41, 5.74) is 6.34. The average molecular weight is 328 g/mol. The molecule has 0 atom stereocenters. The van der Waals surface area contributed by atoms with E-state index in [4.69, 9.17) is 4.74 Å². The van der Waals surface area contributed by atoms with Crippen LogP contribution in [0.4, 0.5) is 0 Å². The molecule has 0 saturated carbocycles. The first-order chi connectivity index (χ1) is 11.3. The summed E-state index contributed by atoms with van der Waals surface area (Å²) >= 11 is 0. The monoisotopic (exact) mass is 328 g/mol. The number of aryl methyl sites for hydroxylation is 3. The molecule has 1 heterocycles. The molecule has 0 N–H and O–H groups in total. The zero-order valence-corrected chi connectivity index (χ0v) is 15.6. The van der Waals surface area contributed by atoms with Gasteiger partial charge in [-0.3, -0.25) is 9.48 Å². The molecule has 1 aromatic carbocycles. The van der Waals surface area contributed by atoms with Crippen LogP contribution in [0.5, 0.6) is 0 Å². The fourth-order valence-electron chi connectivity index (χ4n) is 2.82. The van der Waals surface area contributed by atoms with E-state index in [1.165, 1.54) is 5.56 Å². The number of hydrogen-bond donors (Lipinski definition) is 0. The van der Waals surface area contributed by atoms with E-state index in [0.29, 0.717) is 12.5 Å². The summed E-state index contributed by atoms with van der Waals surface area (Å²) in [5, 5.41) is 4.56. The third-order valence-corrected chi connectivity index (χ3v) is 4.28. The Morgan fingerprint density at radius 1 is 1.21 bits per heavy atom. The SMILES string of the molecule is Cc1ccc(C)c(COC(=O)Cc2c(C)nn(CC(C)C)c2C)c1. The topological polar surface area (TPSA) is 44.1 Å². The summed E-state index contributed by atoms with van der Waals surface area (Å²) in [6, 6.07) is 6.19. The molecule has 0 aliphatic rings. The van der Waals surface area contributed by atoms with E-state index in [0.717, 1.165) is 34.6 Å². The Kier molecular flexibility index (Phi) is 5.81. The number of hydrogen-bond acceptors (Lipinski definition) is 3. The lowest BCUT2D eigenvalue weighted by Gasteiger charge is -2.10. The van der Waals surface area contributed by atoms with Crippen LogP contribution in [0.2, 0.25) is 0 Å². The smallest absolute Gasteiger partial charge is 0.310 e. The third kappa shape index (κ3) is 4.47. The van der Waals surface area contributed by atoms with Crippen LogP contribution in [0.3, 0.4) is 0 Å². The van der Waals surface area contributed by atoms with Crippen molar-refractivity contribution >= 4 is 5.97 Å². The normalized spacial score (nSPS) is 11.1. The lowest BCUT2D eigenvalue weighted by molar-refractivity contribution is -0.144. The van der Waals surface area contributed by atoms with Crippen LogP contribution in [-0.2, 0) is 29.1 Å². The Morgan fingerprint density at radius 2 is 1.92 bits per heavy atom. The van der Waals surface area contributed by atoms with Crippen LogP contribution >= 0.6 is 0 Å². The van der Waals surface area contributed by atoms with Crippen LogP contribution in [0.25, 0.3) is 0 Å². The van der Waals surface area contributed by atoms with Gasteiger partial charge in [-0.25, -0.2) is 0 Å². The highest BCUT2D eigenvalue weighted by Gasteiger charge is 2.16. The minimum absolute atomic E-state index is 0.203. The molecule has 2 aromatic rings. The molecule has 0 saturated heterocycles. The summed E-state index contributed by atoms with van der Waals surface area (Å²) < 4.78 is 7.49. The summed E-state index contributed by atoms with van der Waals surface area (Å²) in [4.78, 5) is 12.3. The second-order valence-corrected chi connectivity index (χ2v) is 6.99. The van der Waals surface area contributed by atoms with Gasteiger partial charge in [-0.2, -0.15) is 5.10 Å². The maximum absolute atomic E-state index is 12.3. The number of benzene rings is 1. The second kappa shape index (κ2) is 7.65. The Hall–Kier alpha value is -2.10. The highest BCUT2D eigenvalue weighted by Crippen LogP contribution is 2.17. The molecule has 0 bridgehead atoms. The largest absolute Gasteiger partial charge is 0.461 e. The van der Waals surface area contributed by atoms with Crippen molar-refractivity contribution in [3.63, 3.8) is 0 Å². The van der Waals surface area contributed by atoms with Crippen LogP contribution in [0.15, 0.2) is 18.2 Å². The Bertz CT molecular complexity index is 729. The van der Waals surface area contributed by atoms with Gasteiger partial charge in [-0.05, 0) is 44.7 Å². The molecule has 0 aliphatic carbocycles. The van der Waals surface area contributed by atoms with Crippen molar-refractivity contribution in [3.8, 4) is 0 Å². The van der Waals surface area contributed by atoms with Crippen LogP contribution in [0, 0.1) is 33.6 Å². The van der Waals surface area contributed by atoms with Crippen molar-refractivity contribution in [2.75, 3.05) is 0 Å². The molecule has 0 fully saturated rings. The second-order valence-electron chi connectivity index (χ2n) is 6.99. The van der Waals surface area contributed by atoms with Crippen molar-refractivity contribution in [1.82, 2.24) is 9.78 Å². The highest BCUT2D eigenvalue weighted by atomic mass is 16.5. The molecular formula is C20H28N2O2. The quantitative estimate of drug-likeness (QED) is 0.751. The predicted octanol–water partition coefficient (Wildman–Crippen LogP) is 4.06. The van der Waals surface area contributed by atoms with Gasteiger partial charge in [-0.15, -0.1) is 0 Å². The summed E-state index contributed by atoms with van der Waals surface area (Å²) in [6.45, 7) is 13.6. The minimum Gasteiger partial charge on any atom is -0.461 e. The van der Waals surface area contributed by atoms with Gasteiger partial charge in [0.15, 0.2) is 0 Å². The van der Waals surface area contributed by atoms with Crippen LogP contribution < -0.4 is 0 Å². The summed E-state index contributed by atoms with van der Waals surface area (Å²) in [5.74, 6) is 0.318. The van der Waals surface area contributed by atoms with Crippen molar-refractivity contribution < 1.29 is 9.53 Å². The molecule has 130 valence electrons. The Balaban J connectivity index is 2.02. The van der Waals surface area contributed by atoms with Gasteiger partial charge in [0, 0.05) is 17.8 Å². The number of carbonyl (C=O) groups is 1. The van der Waals surface area contributed by atoms with Crippen molar-refractivity contribution in [1.29, 1.82) is 0 Å². The number of nitrogens with zero attached hydrogens (tertiary/aromatic N) is 2. The van der Waals surface area contributed by atoms with E-state index in [9.17, 15) is 4.79 Å². The first-order valence-electron chi connectivity index (χ1n) is 8.52. The fourth-order valence-corrected chi connectivity index (χ4v) is 2.82. The van der Waals surface area contributed by atoms with Gasteiger partial charge in [0.25, 0.3) is 0 Å². The van der Waals surface area contributed by atoms with Gasteiger partial charge < -0.3 is 4.74 Å². The van der Waals surface area contributed by atoms with Gasteiger partial charge in [0.1, 0.15) is 6.61 Å². The predicted molar refractivity (Wildman–Crippen MR) is 96.0 cm³/mol. The number of carbonyl (C=O) groups excluding carboxylic acids is 1. The zero-order chi connectivity index (χ0) is 17.9. The number of esters is 1. The summed E-state index contributed by atoms with van der Waals surface area (Å²) in [6.07, 6.45) is 0.278. The van der Waals surface area contributed by atoms with Crippen LogP contribution in [0.1, 0.15) is 47.5 Å². The Morgan fingerprint density at radius 3 is 2.58 bits per heavy atom. The van der Waals surface area contributed by atoms with Crippen molar-refractivity contribution in [2.24, 2.45) is 5.92 Å². The molecular weight excluding hydrogens is 300 g/mol. The number of ether oxygens (including phenoxy) is 1. The molecule has 2 rings (SSSR count). The average Bonchev–Trinajstić information content (AvgIpc) is 2.75. The zero-order valence-electron chi connectivity index (χ0n) is 15.6. The number of rotatable bonds is 6. The van der Waals surface area contributed by atoms with Gasteiger partial charge in [-0.1, -0.05) is 37.6 Å². The molecule has 0 spiro atoms. The number of aromatic nitrogens is 2. The standard InChI is InChI=1S/C20H28N2O2/c1-13(2)11-22-17(6)19(16(5)21-22)10-20(23)24-12-18-9-14(3)7-8-15(18)4/h7-9,13H,10-12H2,1-6H3. The van der Waals surface area contributed by atoms with E-state index in [1.807, 2.05) is 32.4 Å². The molecule has 4 nitrogen and oxygen atoms in total. The molecule has 0 radical (unpaired) electrons. The van der Waals surface area contributed by atoms with Gasteiger partial charge in [0.05, 0.1) is 12.1 Å². The lowest BCUT2D eigenvalue weighted by atomic mass is 10.1. The van der Waals surface area contributed by atoms with E-state index >= 15 is 0 Å². The molecule has 1 aromatic heterocycles. The fraction of sp³-hybridized carbons (Fsp3) is 0.500. The van der Waals surface area contributed by atoms with E-state index in [-0.39, 0.29) is 12.4 Å². The molecule has 0 aliphatic heterocycles. The van der Waals surface area contributed by atoms with E-state index in [2.05, 4.69) is 37.1 Å². The minimum atomic E-state index is -0.203. The van der Waals surface area contributed by atoms with E-state index < -0.39 is 0 Å². The van der Waals surface area contributed by atoms with Crippen molar-refractivity contribution in [2.45, 2.75) is 61.1 Å². The molecule has 0 unspecified atom stereocenters. The van der Waals surface area contributed by atoms with Gasteiger partial charge >= 0.3 is 5.97 Å². The van der Waals surface area contributed by atoms with Crippen LogP contribution in [-0.4, -0.2) is 15.7 Å². The Labute approximate surface area is 144 Å². The van der Waals surface area contributed by atoms with E-state index in [1.54, 1.807) is 0 Å². The van der Waals surface area contributed by atoms with Gasteiger partial charge in [0.2, 0.25) is 0 Å². The maximum atomic E-state index is 12.3. The third-order valence-electron chi connectivity index (χ3n) is 4.28. The first kappa shape index (κ1) is 18.2. The molecule has 24 heavy (non-hydrogen) atoms. The lowest BCUT2D eigenvalue weighted by Crippen LogP contribution is -2.11. The molecule has 4 heteroatoms. The highest BCUT2D eigenvalue weighted by molar-refractivity contribution is 5.73. The maximum Gasteiger partial charge on any atom is 0.310 e. The van der Waals surface area contributed by atoms with Crippen molar-refractivity contribution in [3.05, 3.63) is 51.8 Å². The molecule has 0 amide bonds.